The van der Waals surface area contributed by atoms with Crippen LogP contribution in [0.2, 0.25) is 0 Å². The lowest BCUT2D eigenvalue weighted by Crippen LogP contribution is -2.69. The van der Waals surface area contributed by atoms with Gasteiger partial charge in [-0.2, -0.15) is 0 Å². The number of hydrogen-bond acceptors (Lipinski definition) is 4. The lowest BCUT2D eigenvalue weighted by molar-refractivity contribution is -0.125. The highest BCUT2D eigenvalue weighted by molar-refractivity contribution is 7.11. The minimum Gasteiger partial charge on any atom is -0.377 e. The van der Waals surface area contributed by atoms with E-state index in [1.165, 1.54) is 42.0 Å². The third kappa shape index (κ3) is 2.73. The lowest BCUT2D eigenvalue weighted by atomic mass is 9.54. The van der Waals surface area contributed by atoms with Crippen LogP contribution in [0.3, 0.4) is 0 Å². The summed E-state index contributed by atoms with van der Waals surface area (Å²) in [4.78, 5) is 10.2. The Labute approximate surface area is 148 Å². The first kappa shape index (κ1) is 16.3. The molecule has 132 valence electrons. The van der Waals surface area contributed by atoms with E-state index in [2.05, 4.69) is 27.5 Å². The van der Waals surface area contributed by atoms with Crippen molar-refractivity contribution in [1.29, 1.82) is 0 Å². The molecule has 3 unspecified atom stereocenters. The molecule has 5 nitrogen and oxygen atoms in total. The molecular formula is C18H28N4OS. The normalized spacial score (nSPS) is 31.1. The zero-order chi connectivity index (χ0) is 16.6. The minimum atomic E-state index is 0.366. The van der Waals surface area contributed by atoms with Crippen molar-refractivity contribution in [3.63, 3.8) is 0 Å². The largest absolute Gasteiger partial charge is 0.377 e. The summed E-state index contributed by atoms with van der Waals surface area (Å²) in [7, 11) is 1.87. The van der Waals surface area contributed by atoms with Crippen LogP contribution in [0.25, 0.3) is 0 Å². The second kappa shape index (κ2) is 6.64. The smallest absolute Gasteiger partial charge is 0.191 e. The summed E-state index contributed by atoms with van der Waals surface area (Å²) in [5, 5.41) is 8.41. The minimum absolute atomic E-state index is 0.366. The van der Waals surface area contributed by atoms with Gasteiger partial charge < -0.3 is 15.4 Å². The summed E-state index contributed by atoms with van der Waals surface area (Å²) in [6.45, 7) is 3.91. The predicted octanol–water partition coefficient (Wildman–Crippen LogP) is 2.51. The van der Waals surface area contributed by atoms with Gasteiger partial charge in [-0.25, -0.2) is 4.98 Å². The van der Waals surface area contributed by atoms with E-state index in [-0.39, 0.29) is 0 Å². The molecule has 24 heavy (non-hydrogen) atoms. The number of aryl methyl sites for hydroxylation is 1. The van der Waals surface area contributed by atoms with Crippen molar-refractivity contribution in [2.75, 3.05) is 20.2 Å². The van der Waals surface area contributed by atoms with Crippen LogP contribution in [0.1, 0.15) is 42.0 Å². The fourth-order valence-corrected chi connectivity index (χ4v) is 5.84. The fraction of sp³-hybridized carbons (Fsp3) is 0.778. The monoisotopic (exact) mass is 348 g/mol. The van der Waals surface area contributed by atoms with Crippen molar-refractivity contribution < 1.29 is 4.74 Å². The Morgan fingerprint density at radius 1 is 1.46 bits per heavy atom. The van der Waals surface area contributed by atoms with Gasteiger partial charge in [-0.15, -0.1) is 11.3 Å². The first-order valence-corrected chi connectivity index (χ1v) is 10.0. The molecule has 3 aliphatic rings. The number of ether oxygens (including phenoxy) is 1. The first-order chi connectivity index (χ1) is 11.7. The quantitative estimate of drug-likeness (QED) is 0.648. The maximum absolute atomic E-state index is 6.07. The van der Waals surface area contributed by atoms with Crippen LogP contribution in [-0.2, 0) is 11.2 Å². The van der Waals surface area contributed by atoms with E-state index in [1.807, 2.05) is 13.2 Å². The molecule has 1 spiro atoms. The molecule has 1 aliphatic heterocycles. The second-order valence-corrected chi connectivity index (χ2v) is 8.74. The number of rotatable bonds is 4. The first-order valence-electron chi connectivity index (χ1n) is 9.23. The van der Waals surface area contributed by atoms with Gasteiger partial charge in [-0.3, -0.25) is 4.99 Å². The molecule has 0 amide bonds. The van der Waals surface area contributed by atoms with Gasteiger partial charge in [0.25, 0.3) is 0 Å². The number of aliphatic imine (C=N–C) groups is 1. The van der Waals surface area contributed by atoms with Crippen molar-refractivity contribution in [2.45, 2.75) is 57.6 Å². The molecule has 2 aliphatic carbocycles. The van der Waals surface area contributed by atoms with E-state index in [1.54, 1.807) is 11.3 Å². The molecule has 3 fully saturated rings. The van der Waals surface area contributed by atoms with E-state index in [4.69, 9.17) is 4.74 Å². The molecule has 1 aromatic heterocycles. The Hall–Kier alpha value is -1.14. The molecule has 4 rings (SSSR count). The molecule has 2 heterocycles. The summed E-state index contributed by atoms with van der Waals surface area (Å²) >= 11 is 1.78. The molecule has 1 aromatic rings. The average molecular weight is 349 g/mol. The van der Waals surface area contributed by atoms with Gasteiger partial charge in [-0.1, -0.05) is 12.8 Å². The van der Waals surface area contributed by atoms with Crippen LogP contribution in [-0.4, -0.2) is 43.3 Å². The van der Waals surface area contributed by atoms with Gasteiger partial charge in [0.05, 0.1) is 11.1 Å². The van der Waals surface area contributed by atoms with Gasteiger partial charge in [0.2, 0.25) is 0 Å². The number of nitrogens with zero attached hydrogens (tertiary/aromatic N) is 2. The van der Waals surface area contributed by atoms with Crippen LogP contribution in [0, 0.1) is 18.3 Å². The van der Waals surface area contributed by atoms with Gasteiger partial charge in [0.1, 0.15) is 0 Å². The summed E-state index contributed by atoms with van der Waals surface area (Å²) < 4.78 is 6.07. The SMILES string of the molecule is CN=C(NCCc1ncc(C)s1)NC1C2CCOC2C12CCCC2. The maximum atomic E-state index is 6.07. The highest BCUT2D eigenvalue weighted by Crippen LogP contribution is 2.60. The highest BCUT2D eigenvalue weighted by Gasteiger charge is 2.65. The third-order valence-corrected chi connectivity index (χ3v) is 7.07. The number of nitrogens with one attached hydrogen (secondary N) is 2. The van der Waals surface area contributed by atoms with Gasteiger partial charge in [-0.05, 0) is 26.2 Å². The summed E-state index contributed by atoms with van der Waals surface area (Å²) in [6, 6.07) is 0.529. The summed E-state index contributed by atoms with van der Waals surface area (Å²) in [5.74, 6) is 1.60. The summed E-state index contributed by atoms with van der Waals surface area (Å²) in [6.07, 6.45) is 9.90. The van der Waals surface area contributed by atoms with Crippen LogP contribution in [0.4, 0.5) is 0 Å². The predicted molar refractivity (Wildman–Crippen MR) is 97.6 cm³/mol. The fourth-order valence-electron chi connectivity index (χ4n) is 5.05. The number of thiazole rings is 1. The van der Waals surface area contributed by atoms with E-state index < -0.39 is 0 Å². The van der Waals surface area contributed by atoms with Gasteiger partial charge in [0, 0.05) is 55.1 Å². The highest BCUT2D eigenvalue weighted by atomic mass is 32.1. The molecule has 2 N–H and O–H groups in total. The molecule has 6 heteroatoms. The Morgan fingerprint density at radius 3 is 3.00 bits per heavy atom. The van der Waals surface area contributed by atoms with Crippen molar-refractivity contribution in [3.05, 3.63) is 16.1 Å². The Bertz CT molecular complexity index is 608. The van der Waals surface area contributed by atoms with E-state index in [9.17, 15) is 0 Å². The number of hydrogen-bond donors (Lipinski definition) is 2. The average Bonchev–Trinajstić information content (AvgIpc) is 3.30. The van der Waals surface area contributed by atoms with Gasteiger partial charge in [0.15, 0.2) is 5.96 Å². The van der Waals surface area contributed by atoms with Crippen molar-refractivity contribution in [1.82, 2.24) is 15.6 Å². The molecular weight excluding hydrogens is 320 g/mol. The zero-order valence-corrected chi connectivity index (χ0v) is 15.5. The molecule has 0 radical (unpaired) electrons. The number of guanidine groups is 1. The van der Waals surface area contributed by atoms with Gasteiger partial charge >= 0.3 is 0 Å². The molecule has 0 aromatic carbocycles. The molecule has 2 saturated carbocycles. The Balaban J connectivity index is 1.34. The topological polar surface area (TPSA) is 58.5 Å². The van der Waals surface area contributed by atoms with Crippen molar-refractivity contribution in [2.24, 2.45) is 16.3 Å². The van der Waals surface area contributed by atoms with Crippen molar-refractivity contribution >= 4 is 17.3 Å². The van der Waals surface area contributed by atoms with Crippen molar-refractivity contribution in [3.8, 4) is 0 Å². The Morgan fingerprint density at radius 2 is 2.29 bits per heavy atom. The van der Waals surface area contributed by atoms with Crippen LogP contribution < -0.4 is 10.6 Å². The zero-order valence-electron chi connectivity index (χ0n) is 14.7. The molecule has 3 atom stereocenters. The van der Waals surface area contributed by atoms with Crippen LogP contribution in [0.5, 0.6) is 0 Å². The number of fused-ring (bicyclic) bond motifs is 2. The van der Waals surface area contributed by atoms with Crippen LogP contribution in [0.15, 0.2) is 11.2 Å². The Kier molecular flexibility index (Phi) is 4.52. The van der Waals surface area contributed by atoms with E-state index >= 15 is 0 Å². The lowest BCUT2D eigenvalue weighted by Gasteiger charge is -2.57. The molecule has 1 saturated heterocycles. The standard InChI is InChI=1S/C18H28N4OS/c1-12-11-21-14(24-12)5-9-20-17(19-2)22-15-13-6-10-23-16(13)18(15)7-3-4-8-18/h11,13,15-16H,3-10H2,1-2H3,(H2,19,20,22). The maximum Gasteiger partial charge on any atom is 0.191 e. The number of aromatic nitrogens is 1. The summed E-state index contributed by atoms with van der Waals surface area (Å²) in [5.41, 5.74) is 0.366. The second-order valence-electron chi connectivity index (χ2n) is 7.42. The molecule has 0 bridgehead atoms. The third-order valence-electron chi connectivity index (χ3n) is 6.10. The van der Waals surface area contributed by atoms with E-state index in [0.717, 1.165) is 25.5 Å². The van der Waals surface area contributed by atoms with Crippen LogP contribution >= 0.6 is 11.3 Å². The van der Waals surface area contributed by atoms with E-state index in [0.29, 0.717) is 23.5 Å².